The van der Waals surface area contributed by atoms with Gasteiger partial charge in [-0.15, -0.1) is 0 Å². The molecule has 1 aliphatic rings. The van der Waals surface area contributed by atoms with Crippen molar-refractivity contribution >= 4 is 0 Å². The molecule has 0 saturated carbocycles. The third-order valence-electron chi connectivity index (χ3n) is 2.20. The Balaban J connectivity index is 2.76. The van der Waals surface area contributed by atoms with E-state index in [4.69, 9.17) is 14.9 Å². The van der Waals surface area contributed by atoms with Gasteiger partial charge in [0.15, 0.2) is 0 Å². The van der Waals surface area contributed by atoms with Crippen LogP contribution in [0.5, 0.6) is 0 Å². The lowest BCUT2D eigenvalue weighted by molar-refractivity contribution is -0.200. The van der Waals surface area contributed by atoms with E-state index in [1.165, 1.54) is 6.92 Å². The number of alkyl halides is 3. The van der Waals surface area contributed by atoms with Crippen LogP contribution >= 0.6 is 0 Å². The summed E-state index contributed by atoms with van der Waals surface area (Å²) in [6.45, 7) is 0.634. The molecule has 6 heteroatoms. The third-order valence-corrected chi connectivity index (χ3v) is 2.20. The van der Waals surface area contributed by atoms with Crippen molar-refractivity contribution in [1.82, 2.24) is 0 Å². The van der Waals surface area contributed by atoms with Crippen LogP contribution in [0.15, 0.2) is 0 Å². The van der Waals surface area contributed by atoms with Crippen LogP contribution in [-0.4, -0.2) is 41.3 Å². The van der Waals surface area contributed by atoms with Gasteiger partial charge in [0.25, 0.3) is 0 Å². The number of rotatable bonds is 1. The first-order chi connectivity index (χ1) is 5.88. The van der Waals surface area contributed by atoms with Gasteiger partial charge in [-0.05, 0) is 6.92 Å². The molecule has 4 atom stereocenters. The topological polar surface area (TPSA) is 49.7 Å². The van der Waals surface area contributed by atoms with Crippen molar-refractivity contribution in [1.29, 1.82) is 0 Å². The monoisotopic (exact) mass is 200 g/mol. The van der Waals surface area contributed by atoms with Gasteiger partial charge in [-0.1, -0.05) is 0 Å². The molecule has 1 rings (SSSR count). The molecule has 0 spiro atoms. The first-order valence-electron chi connectivity index (χ1n) is 3.89. The van der Waals surface area contributed by atoms with Crippen molar-refractivity contribution < 1.29 is 28.1 Å². The zero-order chi connectivity index (χ0) is 10.2. The first-order valence-corrected chi connectivity index (χ1v) is 3.89. The molecule has 2 N–H and O–H groups in total. The van der Waals surface area contributed by atoms with E-state index >= 15 is 0 Å². The lowest BCUT2D eigenvalue weighted by Crippen LogP contribution is -2.39. The highest BCUT2D eigenvalue weighted by Gasteiger charge is 2.55. The molecule has 0 radical (unpaired) electrons. The zero-order valence-electron chi connectivity index (χ0n) is 6.95. The van der Waals surface area contributed by atoms with Crippen molar-refractivity contribution in [3.8, 4) is 0 Å². The lowest BCUT2D eigenvalue weighted by atomic mass is 9.97. The Morgan fingerprint density at radius 1 is 1.38 bits per heavy atom. The van der Waals surface area contributed by atoms with Crippen LogP contribution < -0.4 is 0 Å². The van der Waals surface area contributed by atoms with E-state index < -0.39 is 37.0 Å². The first kappa shape index (κ1) is 10.7. The molecule has 1 unspecified atom stereocenters. The smallest absolute Gasteiger partial charge is 0.394 e. The Labute approximate surface area is 73.1 Å². The summed E-state index contributed by atoms with van der Waals surface area (Å²) in [6.07, 6.45) is -8.38. The second-order valence-electron chi connectivity index (χ2n) is 3.12. The maximum Gasteiger partial charge on any atom is 0.396 e. The van der Waals surface area contributed by atoms with Crippen LogP contribution in [0.25, 0.3) is 0 Å². The van der Waals surface area contributed by atoms with Crippen LogP contribution in [0.1, 0.15) is 6.92 Å². The molecule has 3 nitrogen and oxygen atoms in total. The van der Waals surface area contributed by atoms with Gasteiger partial charge < -0.3 is 14.9 Å². The van der Waals surface area contributed by atoms with E-state index in [0.717, 1.165) is 0 Å². The number of halogens is 3. The molecule has 13 heavy (non-hydrogen) atoms. The Morgan fingerprint density at radius 2 is 1.92 bits per heavy atom. The van der Waals surface area contributed by atoms with Crippen molar-refractivity contribution in [2.24, 2.45) is 5.92 Å². The fraction of sp³-hybridized carbons (Fsp3) is 1.00. The summed E-state index contributed by atoms with van der Waals surface area (Å²) in [5.74, 6) is -1.90. The average Bonchev–Trinajstić information content (AvgIpc) is 2.24. The molecule has 0 aromatic rings. The van der Waals surface area contributed by atoms with E-state index in [-0.39, 0.29) is 0 Å². The van der Waals surface area contributed by atoms with E-state index in [9.17, 15) is 13.2 Å². The van der Waals surface area contributed by atoms with Gasteiger partial charge in [-0.2, -0.15) is 13.2 Å². The molecule has 78 valence electrons. The van der Waals surface area contributed by atoms with Crippen molar-refractivity contribution in [2.75, 3.05) is 6.61 Å². The minimum Gasteiger partial charge on any atom is -0.394 e. The van der Waals surface area contributed by atoms with Gasteiger partial charge in [-0.3, -0.25) is 0 Å². The predicted molar refractivity (Wildman–Crippen MR) is 37.0 cm³/mol. The minimum absolute atomic E-state index is 0.599. The van der Waals surface area contributed by atoms with Gasteiger partial charge >= 0.3 is 6.18 Å². The fourth-order valence-electron chi connectivity index (χ4n) is 1.56. The standard InChI is InChI=1S/C7H11F3O3/c1-3-5(7(8,9)10)6(12)4(2-11)13-3/h3-6,11-12H,2H2,1H3/t3-,4+,5?,6-/m0/s1. The maximum atomic E-state index is 12.2. The highest BCUT2D eigenvalue weighted by Crippen LogP contribution is 2.39. The maximum absolute atomic E-state index is 12.2. The molecule has 1 fully saturated rings. The number of hydrogen-bond donors (Lipinski definition) is 2. The van der Waals surface area contributed by atoms with Crippen LogP contribution in [0, 0.1) is 5.92 Å². The Kier molecular flexibility index (Phi) is 2.84. The molecular formula is C7H11F3O3. The van der Waals surface area contributed by atoms with Gasteiger partial charge in [0.2, 0.25) is 0 Å². The van der Waals surface area contributed by atoms with Gasteiger partial charge in [-0.25, -0.2) is 0 Å². The van der Waals surface area contributed by atoms with Crippen LogP contribution in [0.3, 0.4) is 0 Å². The SMILES string of the molecule is C[C@@H]1O[C@H](CO)[C@H](O)C1C(F)(F)F. The zero-order valence-corrected chi connectivity index (χ0v) is 6.95. The summed E-state index contributed by atoms with van der Waals surface area (Å²) < 4.78 is 41.5. The number of aliphatic hydroxyl groups excluding tert-OH is 2. The van der Waals surface area contributed by atoms with Crippen molar-refractivity contribution in [3.63, 3.8) is 0 Å². The fourth-order valence-corrected chi connectivity index (χ4v) is 1.56. The lowest BCUT2D eigenvalue weighted by Gasteiger charge is -2.20. The number of ether oxygens (including phenoxy) is 1. The Bertz CT molecular complexity index is 182. The van der Waals surface area contributed by atoms with E-state index in [1.807, 2.05) is 0 Å². The quantitative estimate of drug-likeness (QED) is 0.640. The van der Waals surface area contributed by atoms with Gasteiger partial charge in [0, 0.05) is 0 Å². The van der Waals surface area contributed by atoms with Gasteiger partial charge in [0.1, 0.15) is 12.0 Å². The molecule has 0 bridgehead atoms. The Morgan fingerprint density at radius 3 is 2.15 bits per heavy atom. The summed E-state index contributed by atoms with van der Waals surface area (Å²) in [6, 6.07) is 0. The van der Waals surface area contributed by atoms with Crippen molar-refractivity contribution in [3.05, 3.63) is 0 Å². The summed E-state index contributed by atoms with van der Waals surface area (Å²) in [5, 5.41) is 17.7. The normalized spacial score (nSPS) is 41.1. The molecule has 0 aromatic carbocycles. The minimum atomic E-state index is -4.48. The predicted octanol–water partition coefficient (Wildman–Crippen LogP) is 0.305. The third kappa shape index (κ3) is 1.95. The van der Waals surface area contributed by atoms with Crippen molar-refractivity contribution in [2.45, 2.75) is 31.4 Å². The second kappa shape index (κ2) is 3.43. The summed E-state index contributed by atoms with van der Waals surface area (Å²) >= 11 is 0. The highest BCUT2D eigenvalue weighted by molar-refractivity contribution is 4.92. The molecule has 1 aliphatic heterocycles. The molecule has 0 amide bonds. The van der Waals surface area contributed by atoms with Crippen LogP contribution in [-0.2, 0) is 4.74 Å². The highest BCUT2D eigenvalue weighted by atomic mass is 19.4. The molecular weight excluding hydrogens is 189 g/mol. The number of aliphatic hydroxyl groups is 2. The Hall–Kier alpha value is -0.330. The molecule has 0 aliphatic carbocycles. The van der Waals surface area contributed by atoms with E-state index in [0.29, 0.717) is 0 Å². The summed E-state index contributed by atoms with van der Waals surface area (Å²) in [5.41, 5.74) is 0. The average molecular weight is 200 g/mol. The van der Waals surface area contributed by atoms with Crippen LogP contribution in [0.2, 0.25) is 0 Å². The molecule has 0 aromatic heterocycles. The van der Waals surface area contributed by atoms with E-state index in [1.54, 1.807) is 0 Å². The van der Waals surface area contributed by atoms with E-state index in [2.05, 4.69) is 0 Å². The summed E-state index contributed by atoms with van der Waals surface area (Å²) in [4.78, 5) is 0. The van der Waals surface area contributed by atoms with Gasteiger partial charge in [0.05, 0.1) is 18.8 Å². The van der Waals surface area contributed by atoms with Crippen LogP contribution in [0.4, 0.5) is 13.2 Å². The largest absolute Gasteiger partial charge is 0.396 e. The second-order valence-corrected chi connectivity index (χ2v) is 3.12. The molecule has 1 saturated heterocycles. The number of hydrogen-bond acceptors (Lipinski definition) is 3. The summed E-state index contributed by atoms with van der Waals surface area (Å²) in [7, 11) is 0. The molecule has 1 heterocycles.